The number of unbranched alkanes of at least 4 members (excludes halogenated alkanes) is 1. The normalized spacial score (nSPS) is 26.1. The van der Waals surface area contributed by atoms with Crippen molar-refractivity contribution in [2.45, 2.75) is 32.6 Å². The van der Waals surface area contributed by atoms with Crippen LogP contribution in [0.2, 0.25) is 0 Å². The van der Waals surface area contributed by atoms with Crippen LogP contribution >= 0.6 is 0 Å². The summed E-state index contributed by atoms with van der Waals surface area (Å²) in [5, 5.41) is 0. The van der Waals surface area contributed by atoms with Crippen LogP contribution < -0.4 is 0 Å². The van der Waals surface area contributed by atoms with Gasteiger partial charge in [0.2, 0.25) is 0 Å². The molecule has 0 heterocycles. The fraction of sp³-hybridized carbons (Fsp3) is 0.750. The van der Waals surface area contributed by atoms with Crippen molar-refractivity contribution in [1.29, 1.82) is 0 Å². The third-order valence-corrected chi connectivity index (χ3v) is 1.83. The highest BCUT2D eigenvalue weighted by molar-refractivity contribution is 5.18. The SMILES string of the molecule is C=C1CC1CCCC. The maximum atomic E-state index is 3.90. The molecule has 1 aliphatic carbocycles. The first kappa shape index (κ1) is 5.87. The Morgan fingerprint density at radius 2 is 2.38 bits per heavy atom. The van der Waals surface area contributed by atoms with E-state index in [9.17, 15) is 0 Å². The zero-order valence-corrected chi connectivity index (χ0v) is 5.61. The average Bonchev–Trinajstić information content (AvgIpc) is 2.42. The fourth-order valence-electron chi connectivity index (χ4n) is 1.01. The van der Waals surface area contributed by atoms with Crippen molar-refractivity contribution < 1.29 is 0 Å². The fourth-order valence-corrected chi connectivity index (χ4v) is 1.01. The summed E-state index contributed by atoms with van der Waals surface area (Å²) >= 11 is 0. The molecule has 1 fully saturated rings. The van der Waals surface area contributed by atoms with Crippen molar-refractivity contribution in [1.82, 2.24) is 0 Å². The number of rotatable bonds is 3. The molecule has 0 radical (unpaired) electrons. The molecule has 1 aliphatic rings. The van der Waals surface area contributed by atoms with Crippen LogP contribution in [0.3, 0.4) is 0 Å². The summed E-state index contributed by atoms with van der Waals surface area (Å²) in [6, 6.07) is 0. The van der Waals surface area contributed by atoms with Gasteiger partial charge >= 0.3 is 0 Å². The highest BCUT2D eigenvalue weighted by atomic mass is 14.3. The van der Waals surface area contributed by atoms with E-state index in [4.69, 9.17) is 0 Å². The van der Waals surface area contributed by atoms with E-state index in [1.165, 1.54) is 31.3 Å². The summed E-state index contributed by atoms with van der Waals surface area (Å²) in [4.78, 5) is 0. The quantitative estimate of drug-likeness (QED) is 0.490. The molecule has 0 aromatic heterocycles. The number of hydrogen-bond acceptors (Lipinski definition) is 0. The van der Waals surface area contributed by atoms with Crippen LogP contribution in [0.4, 0.5) is 0 Å². The summed E-state index contributed by atoms with van der Waals surface area (Å²) in [5.74, 6) is 0.926. The molecule has 0 spiro atoms. The molecule has 0 bridgehead atoms. The molecule has 0 amide bonds. The molecule has 1 saturated carbocycles. The lowest BCUT2D eigenvalue weighted by Crippen LogP contribution is -1.73. The van der Waals surface area contributed by atoms with Crippen LogP contribution in [0, 0.1) is 5.92 Å². The molecule has 0 aromatic rings. The van der Waals surface area contributed by atoms with Crippen molar-refractivity contribution in [3.8, 4) is 0 Å². The first-order valence-corrected chi connectivity index (χ1v) is 3.52. The predicted octanol–water partition coefficient (Wildman–Crippen LogP) is 2.75. The molecule has 0 saturated heterocycles. The molecule has 8 heavy (non-hydrogen) atoms. The highest BCUT2D eigenvalue weighted by Gasteiger charge is 2.25. The van der Waals surface area contributed by atoms with Crippen molar-refractivity contribution in [2.75, 3.05) is 0 Å². The van der Waals surface area contributed by atoms with Gasteiger partial charge in [-0.2, -0.15) is 0 Å². The van der Waals surface area contributed by atoms with Crippen molar-refractivity contribution in [3.05, 3.63) is 12.2 Å². The molecule has 1 rings (SSSR count). The average molecular weight is 110 g/mol. The maximum Gasteiger partial charge on any atom is -0.0168 e. The molecular formula is C8H14. The zero-order valence-electron chi connectivity index (χ0n) is 5.61. The van der Waals surface area contributed by atoms with Crippen LogP contribution in [0.1, 0.15) is 32.6 Å². The van der Waals surface area contributed by atoms with E-state index in [1.807, 2.05) is 0 Å². The largest absolute Gasteiger partial charge is 0.0995 e. The smallest absolute Gasteiger partial charge is 0.0168 e. The Morgan fingerprint density at radius 3 is 2.75 bits per heavy atom. The lowest BCUT2D eigenvalue weighted by atomic mass is 10.2. The van der Waals surface area contributed by atoms with Gasteiger partial charge in [0.15, 0.2) is 0 Å². The first-order chi connectivity index (χ1) is 3.84. The Kier molecular flexibility index (Phi) is 1.72. The molecule has 1 unspecified atom stereocenters. The summed E-state index contributed by atoms with van der Waals surface area (Å²) in [6.45, 7) is 6.14. The lowest BCUT2D eigenvalue weighted by Gasteiger charge is -1.89. The topological polar surface area (TPSA) is 0 Å². The van der Waals surface area contributed by atoms with Gasteiger partial charge in [-0.3, -0.25) is 0 Å². The van der Waals surface area contributed by atoms with Gasteiger partial charge in [-0.25, -0.2) is 0 Å². The van der Waals surface area contributed by atoms with Crippen molar-refractivity contribution in [2.24, 2.45) is 5.92 Å². The highest BCUT2D eigenvalue weighted by Crippen LogP contribution is 2.39. The van der Waals surface area contributed by atoms with E-state index < -0.39 is 0 Å². The zero-order chi connectivity index (χ0) is 5.98. The third kappa shape index (κ3) is 1.36. The maximum absolute atomic E-state index is 3.90. The van der Waals surface area contributed by atoms with Crippen LogP contribution in [-0.2, 0) is 0 Å². The Hall–Kier alpha value is -0.260. The molecule has 0 aliphatic heterocycles. The van der Waals surface area contributed by atoms with Crippen LogP contribution in [-0.4, -0.2) is 0 Å². The Labute approximate surface area is 51.6 Å². The van der Waals surface area contributed by atoms with Crippen LogP contribution in [0.5, 0.6) is 0 Å². The number of hydrogen-bond donors (Lipinski definition) is 0. The van der Waals surface area contributed by atoms with E-state index >= 15 is 0 Å². The van der Waals surface area contributed by atoms with E-state index in [0.717, 1.165) is 5.92 Å². The predicted molar refractivity (Wildman–Crippen MR) is 36.8 cm³/mol. The second-order valence-electron chi connectivity index (χ2n) is 2.70. The van der Waals surface area contributed by atoms with Gasteiger partial charge in [0.25, 0.3) is 0 Å². The van der Waals surface area contributed by atoms with Crippen molar-refractivity contribution >= 4 is 0 Å². The summed E-state index contributed by atoms with van der Waals surface area (Å²) < 4.78 is 0. The van der Waals surface area contributed by atoms with E-state index in [2.05, 4.69) is 13.5 Å². The van der Waals surface area contributed by atoms with Gasteiger partial charge in [-0.1, -0.05) is 31.9 Å². The molecule has 0 nitrogen and oxygen atoms in total. The molecule has 0 aromatic carbocycles. The van der Waals surface area contributed by atoms with Gasteiger partial charge in [0.05, 0.1) is 0 Å². The van der Waals surface area contributed by atoms with Gasteiger partial charge < -0.3 is 0 Å². The first-order valence-electron chi connectivity index (χ1n) is 3.52. The van der Waals surface area contributed by atoms with Crippen LogP contribution in [0.15, 0.2) is 12.2 Å². The van der Waals surface area contributed by atoms with E-state index in [0.29, 0.717) is 0 Å². The summed E-state index contributed by atoms with van der Waals surface area (Å²) in [5.41, 5.74) is 1.48. The van der Waals surface area contributed by atoms with Crippen molar-refractivity contribution in [3.63, 3.8) is 0 Å². The molecular weight excluding hydrogens is 96.1 g/mol. The van der Waals surface area contributed by atoms with E-state index in [1.54, 1.807) is 0 Å². The molecule has 0 N–H and O–H groups in total. The number of allylic oxidation sites excluding steroid dienone is 1. The molecule has 46 valence electrons. The summed E-state index contributed by atoms with van der Waals surface area (Å²) in [6.07, 6.45) is 5.45. The Balaban J connectivity index is 1.97. The van der Waals surface area contributed by atoms with Gasteiger partial charge in [0, 0.05) is 0 Å². The Morgan fingerprint density at radius 1 is 1.75 bits per heavy atom. The minimum Gasteiger partial charge on any atom is -0.0995 e. The lowest BCUT2D eigenvalue weighted by molar-refractivity contribution is 0.669. The monoisotopic (exact) mass is 110 g/mol. The minimum absolute atomic E-state index is 0.926. The van der Waals surface area contributed by atoms with Gasteiger partial charge in [-0.15, -0.1) is 0 Å². The van der Waals surface area contributed by atoms with Crippen LogP contribution in [0.25, 0.3) is 0 Å². The standard InChI is InChI=1S/C8H14/c1-3-4-5-8-6-7(8)2/h8H,2-6H2,1H3. The van der Waals surface area contributed by atoms with Gasteiger partial charge in [-0.05, 0) is 18.8 Å². The van der Waals surface area contributed by atoms with E-state index in [-0.39, 0.29) is 0 Å². The second-order valence-corrected chi connectivity index (χ2v) is 2.70. The third-order valence-electron chi connectivity index (χ3n) is 1.83. The molecule has 0 heteroatoms. The summed E-state index contributed by atoms with van der Waals surface area (Å²) in [7, 11) is 0. The Bertz CT molecular complexity index is 92.2. The van der Waals surface area contributed by atoms with Gasteiger partial charge in [0.1, 0.15) is 0 Å². The molecule has 1 atom stereocenters. The second kappa shape index (κ2) is 2.34. The minimum atomic E-state index is 0.926.